The smallest absolute Gasteiger partial charge is 0.224 e. The predicted molar refractivity (Wildman–Crippen MR) is 109 cm³/mol. The van der Waals surface area contributed by atoms with Crippen LogP contribution in [0.5, 0.6) is 0 Å². The molecule has 2 aliphatic heterocycles. The second-order valence-corrected chi connectivity index (χ2v) is 9.73. The minimum atomic E-state index is -3.48. The molecule has 156 valence electrons. The van der Waals surface area contributed by atoms with Crippen molar-refractivity contribution >= 4 is 27.5 Å². The second kappa shape index (κ2) is 10.0. The van der Waals surface area contributed by atoms with Gasteiger partial charge in [0.1, 0.15) is 0 Å². The number of hydrogen-bond acceptors (Lipinski definition) is 5. The molecule has 0 saturated carbocycles. The number of piperidine rings is 1. The highest BCUT2D eigenvalue weighted by molar-refractivity contribution is 7.88. The Morgan fingerprint density at radius 3 is 2.79 bits per heavy atom. The Kier molecular flexibility index (Phi) is 7.70. The molecule has 7 nitrogen and oxygen atoms in total. The Morgan fingerprint density at radius 2 is 2.04 bits per heavy atom. The number of halogens is 1. The van der Waals surface area contributed by atoms with Crippen LogP contribution in [0.15, 0.2) is 24.3 Å². The number of sulfonamides is 1. The summed E-state index contributed by atoms with van der Waals surface area (Å²) in [7, 11) is -3.48. The van der Waals surface area contributed by atoms with E-state index in [0.717, 1.165) is 32.8 Å². The minimum absolute atomic E-state index is 0.0593. The van der Waals surface area contributed by atoms with E-state index in [0.29, 0.717) is 36.5 Å². The first kappa shape index (κ1) is 21.5. The van der Waals surface area contributed by atoms with Crippen molar-refractivity contribution in [1.29, 1.82) is 0 Å². The molecular weight excluding hydrogens is 402 g/mol. The van der Waals surface area contributed by atoms with Crippen molar-refractivity contribution in [2.75, 3.05) is 52.5 Å². The first-order chi connectivity index (χ1) is 13.4. The lowest BCUT2D eigenvalue weighted by atomic mass is 9.99. The van der Waals surface area contributed by atoms with Gasteiger partial charge in [0, 0.05) is 44.3 Å². The normalized spacial score (nSPS) is 22.1. The third kappa shape index (κ3) is 6.15. The number of amides is 1. The van der Waals surface area contributed by atoms with Crippen LogP contribution in [0.1, 0.15) is 18.4 Å². The third-order valence-electron chi connectivity index (χ3n) is 5.22. The van der Waals surface area contributed by atoms with E-state index in [4.69, 9.17) is 16.3 Å². The van der Waals surface area contributed by atoms with E-state index in [1.807, 2.05) is 0 Å². The van der Waals surface area contributed by atoms with Crippen molar-refractivity contribution < 1.29 is 17.9 Å². The molecule has 0 radical (unpaired) electrons. The highest BCUT2D eigenvalue weighted by atomic mass is 35.5. The number of nitrogens with zero attached hydrogens (tertiary/aromatic N) is 2. The first-order valence-corrected chi connectivity index (χ1v) is 11.7. The van der Waals surface area contributed by atoms with E-state index >= 15 is 0 Å². The fraction of sp³-hybridized carbons (Fsp3) is 0.632. The number of carbonyl (C=O) groups is 1. The summed E-state index contributed by atoms with van der Waals surface area (Å²) in [5, 5.41) is 3.49. The number of nitrogens with one attached hydrogen (secondary N) is 1. The second-order valence-electron chi connectivity index (χ2n) is 7.33. The van der Waals surface area contributed by atoms with Crippen molar-refractivity contribution in [3.05, 3.63) is 34.9 Å². The number of morpholine rings is 1. The molecule has 2 aliphatic rings. The van der Waals surface area contributed by atoms with Crippen molar-refractivity contribution in [3.8, 4) is 0 Å². The van der Waals surface area contributed by atoms with Gasteiger partial charge in [-0.15, -0.1) is 0 Å². The van der Waals surface area contributed by atoms with Gasteiger partial charge in [0.15, 0.2) is 0 Å². The Hall–Kier alpha value is -1.19. The summed E-state index contributed by atoms with van der Waals surface area (Å²) in [6.07, 6.45) is 1.41. The molecule has 9 heteroatoms. The van der Waals surface area contributed by atoms with Gasteiger partial charge in [-0.25, -0.2) is 12.7 Å². The topological polar surface area (TPSA) is 79.0 Å². The maximum absolute atomic E-state index is 12.8. The van der Waals surface area contributed by atoms with Crippen LogP contribution in [0, 0.1) is 5.92 Å². The monoisotopic (exact) mass is 429 g/mol. The molecule has 3 rings (SSSR count). The molecule has 2 fully saturated rings. The summed E-state index contributed by atoms with van der Waals surface area (Å²) < 4.78 is 32.3. The van der Waals surface area contributed by atoms with Crippen molar-refractivity contribution in [1.82, 2.24) is 14.5 Å². The number of ether oxygens (including phenoxy) is 1. The van der Waals surface area contributed by atoms with Crippen molar-refractivity contribution in [2.24, 2.45) is 5.92 Å². The number of hydrogen-bond donors (Lipinski definition) is 1. The highest BCUT2D eigenvalue weighted by Gasteiger charge is 2.32. The van der Waals surface area contributed by atoms with Crippen LogP contribution in [0.3, 0.4) is 0 Å². The van der Waals surface area contributed by atoms with E-state index in [1.165, 1.54) is 4.31 Å². The van der Waals surface area contributed by atoms with E-state index in [9.17, 15) is 13.2 Å². The highest BCUT2D eigenvalue weighted by Crippen LogP contribution is 2.22. The Balaban J connectivity index is 1.50. The van der Waals surface area contributed by atoms with Crippen LogP contribution in [0.25, 0.3) is 0 Å². The van der Waals surface area contributed by atoms with E-state index < -0.39 is 10.0 Å². The molecule has 0 bridgehead atoms. The number of carbonyl (C=O) groups excluding carboxylic acids is 1. The maximum atomic E-state index is 12.8. The van der Waals surface area contributed by atoms with E-state index in [1.54, 1.807) is 24.3 Å². The molecule has 28 heavy (non-hydrogen) atoms. The fourth-order valence-corrected chi connectivity index (χ4v) is 5.45. The summed E-state index contributed by atoms with van der Waals surface area (Å²) in [5.41, 5.74) is 0.657. The zero-order chi connectivity index (χ0) is 20.0. The molecule has 0 spiro atoms. The lowest BCUT2D eigenvalue weighted by Crippen LogP contribution is -2.47. The summed E-state index contributed by atoms with van der Waals surface area (Å²) in [5.74, 6) is -0.456. The Bertz CT molecular complexity index is 768. The van der Waals surface area contributed by atoms with Gasteiger partial charge < -0.3 is 10.1 Å². The molecule has 1 N–H and O–H groups in total. The van der Waals surface area contributed by atoms with Gasteiger partial charge in [-0.2, -0.15) is 0 Å². The molecule has 1 aromatic rings. The quantitative estimate of drug-likeness (QED) is 0.707. The van der Waals surface area contributed by atoms with Gasteiger partial charge in [0.2, 0.25) is 15.9 Å². The zero-order valence-electron chi connectivity index (χ0n) is 16.0. The molecular formula is C19H28ClN3O4S. The van der Waals surface area contributed by atoms with Crippen molar-refractivity contribution in [2.45, 2.75) is 18.6 Å². The van der Waals surface area contributed by atoms with Crippen LogP contribution in [0.2, 0.25) is 5.02 Å². The minimum Gasteiger partial charge on any atom is -0.379 e. The van der Waals surface area contributed by atoms with Gasteiger partial charge in [0.25, 0.3) is 0 Å². The molecule has 1 amide bonds. The van der Waals surface area contributed by atoms with Gasteiger partial charge in [-0.3, -0.25) is 9.69 Å². The third-order valence-corrected chi connectivity index (χ3v) is 7.27. The Labute approximate surface area is 172 Å². The largest absolute Gasteiger partial charge is 0.379 e. The summed E-state index contributed by atoms with van der Waals surface area (Å²) in [4.78, 5) is 14.8. The zero-order valence-corrected chi connectivity index (χ0v) is 17.6. The maximum Gasteiger partial charge on any atom is 0.224 e. The average molecular weight is 430 g/mol. The summed E-state index contributed by atoms with van der Waals surface area (Å²) in [6, 6.07) is 6.88. The fourth-order valence-electron chi connectivity index (χ4n) is 3.64. The number of benzene rings is 1. The van der Waals surface area contributed by atoms with E-state index in [-0.39, 0.29) is 24.1 Å². The van der Waals surface area contributed by atoms with Gasteiger partial charge in [-0.05, 0) is 30.5 Å². The molecule has 0 aromatic heterocycles. The Morgan fingerprint density at radius 1 is 1.25 bits per heavy atom. The first-order valence-electron chi connectivity index (χ1n) is 9.74. The molecule has 1 unspecified atom stereocenters. The molecule has 1 atom stereocenters. The summed E-state index contributed by atoms with van der Waals surface area (Å²) in [6.45, 7) is 5.30. The lowest BCUT2D eigenvalue weighted by molar-refractivity contribution is -0.126. The van der Waals surface area contributed by atoms with Crippen LogP contribution in [0.4, 0.5) is 0 Å². The van der Waals surface area contributed by atoms with Crippen molar-refractivity contribution in [3.63, 3.8) is 0 Å². The SMILES string of the molecule is O=C(NCCN1CCOCC1)C1CCCN(S(=O)(=O)Cc2cccc(Cl)c2)C1. The number of rotatable bonds is 7. The van der Waals surface area contributed by atoms with Crippen LogP contribution in [-0.4, -0.2) is 76.0 Å². The van der Waals surface area contributed by atoms with Crippen LogP contribution in [-0.2, 0) is 25.3 Å². The molecule has 0 aliphatic carbocycles. The lowest BCUT2D eigenvalue weighted by Gasteiger charge is -2.31. The standard InChI is InChI=1S/C19H28ClN3O4S/c20-18-5-1-3-16(13-18)15-28(25,26)23-7-2-4-17(14-23)19(24)21-6-8-22-9-11-27-12-10-22/h1,3,5,13,17H,2,4,6-12,14-15H2,(H,21,24). The van der Waals surface area contributed by atoms with Gasteiger partial charge in [0.05, 0.1) is 24.9 Å². The molecule has 2 heterocycles. The van der Waals surface area contributed by atoms with Crippen LogP contribution < -0.4 is 5.32 Å². The predicted octanol–water partition coefficient (Wildman–Crippen LogP) is 1.33. The summed E-state index contributed by atoms with van der Waals surface area (Å²) >= 11 is 5.96. The van der Waals surface area contributed by atoms with E-state index in [2.05, 4.69) is 10.2 Å². The van der Waals surface area contributed by atoms with Crippen LogP contribution >= 0.6 is 11.6 Å². The van der Waals surface area contributed by atoms with Gasteiger partial charge >= 0.3 is 0 Å². The average Bonchev–Trinajstić information content (AvgIpc) is 2.68. The molecule has 2 saturated heterocycles. The molecule has 1 aromatic carbocycles. The van der Waals surface area contributed by atoms with Gasteiger partial charge in [-0.1, -0.05) is 23.7 Å².